The van der Waals surface area contributed by atoms with Crippen LogP contribution in [0.3, 0.4) is 0 Å². The zero-order valence-corrected chi connectivity index (χ0v) is 13.6. The van der Waals surface area contributed by atoms with Crippen molar-refractivity contribution in [2.24, 2.45) is 17.1 Å². The molecule has 1 aromatic carbocycles. The first-order valence-corrected chi connectivity index (χ1v) is 8.62. The lowest BCUT2D eigenvalue weighted by Crippen LogP contribution is -2.44. The number of hydrogen-bond acceptors (Lipinski definition) is 2. The Bertz CT molecular complexity index is 454. The molecule has 0 aromatic heterocycles. The van der Waals surface area contributed by atoms with Crippen molar-refractivity contribution in [2.45, 2.75) is 58.0 Å². The summed E-state index contributed by atoms with van der Waals surface area (Å²) in [7, 11) is 0. The number of rotatable bonds is 4. The molecule has 116 valence electrons. The van der Waals surface area contributed by atoms with Crippen LogP contribution in [0.25, 0.3) is 0 Å². The largest absolute Gasteiger partial charge is 0.323 e. The lowest BCUT2D eigenvalue weighted by atomic mass is 9.79. The lowest BCUT2D eigenvalue weighted by molar-refractivity contribution is 0.112. The predicted octanol–water partition coefficient (Wildman–Crippen LogP) is 3.98. The van der Waals surface area contributed by atoms with Gasteiger partial charge in [0.15, 0.2) is 0 Å². The highest BCUT2D eigenvalue weighted by Crippen LogP contribution is 2.40. The fourth-order valence-corrected chi connectivity index (χ4v) is 4.43. The van der Waals surface area contributed by atoms with E-state index in [0.717, 1.165) is 18.5 Å². The predicted molar refractivity (Wildman–Crippen MR) is 89.1 cm³/mol. The minimum Gasteiger partial charge on any atom is -0.323 e. The topological polar surface area (TPSA) is 29.3 Å². The summed E-state index contributed by atoms with van der Waals surface area (Å²) in [6.07, 6.45) is 7.12. The third-order valence-electron chi connectivity index (χ3n) is 5.74. The molecule has 1 saturated carbocycles. The van der Waals surface area contributed by atoms with Crippen LogP contribution in [0.4, 0.5) is 0 Å². The second-order valence-corrected chi connectivity index (χ2v) is 7.75. The highest BCUT2D eigenvalue weighted by Gasteiger charge is 2.39. The Labute approximate surface area is 129 Å². The molecule has 3 unspecified atom stereocenters. The molecular weight excluding hydrogens is 256 g/mol. The highest BCUT2D eigenvalue weighted by molar-refractivity contribution is 5.20. The summed E-state index contributed by atoms with van der Waals surface area (Å²) in [5, 5.41) is 0. The minimum atomic E-state index is 0.112. The molecule has 1 aliphatic carbocycles. The van der Waals surface area contributed by atoms with Gasteiger partial charge in [-0.25, -0.2) is 0 Å². The molecule has 0 amide bonds. The van der Waals surface area contributed by atoms with Gasteiger partial charge >= 0.3 is 0 Å². The first-order valence-electron chi connectivity index (χ1n) is 8.62. The Hall–Kier alpha value is -0.860. The monoisotopic (exact) mass is 286 g/mol. The first-order chi connectivity index (χ1) is 10.1. The molecule has 2 nitrogen and oxygen atoms in total. The van der Waals surface area contributed by atoms with Crippen LogP contribution < -0.4 is 5.73 Å². The Morgan fingerprint density at radius 1 is 1.14 bits per heavy atom. The maximum absolute atomic E-state index is 6.59. The molecule has 3 rings (SSSR count). The molecule has 3 atom stereocenters. The van der Waals surface area contributed by atoms with Crippen molar-refractivity contribution in [3.05, 3.63) is 35.9 Å². The smallest absolute Gasteiger partial charge is 0.0359 e. The fourth-order valence-electron chi connectivity index (χ4n) is 4.43. The van der Waals surface area contributed by atoms with Gasteiger partial charge in [0.1, 0.15) is 0 Å². The quantitative estimate of drug-likeness (QED) is 0.907. The average molecular weight is 286 g/mol. The Kier molecular flexibility index (Phi) is 4.37. The lowest BCUT2D eigenvalue weighted by Gasteiger charge is -2.40. The second kappa shape index (κ2) is 6.10. The number of nitrogens with zero attached hydrogens (tertiary/aromatic N) is 1. The summed E-state index contributed by atoms with van der Waals surface area (Å²) in [5.41, 5.74) is 7.98. The van der Waals surface area contributed by atoms with Gasteiger partial charge in [0.05, 0.1) is 0 Å². The van der Waals surface area contributed by atoms with Crippen molar-refractivity contribution in [2.75, 3.05) is 13.1 Å². The van der Waals surface area contributed by atoms with Gasteiger partial charge in [-0.05, 0) is 42.7 Å². The Morgan fingerprint density at radius 3 is 2.62 bits per heavy atom. The number of fused-ring (bicyclic) bond motifs is 1. The minimum absolute atomic E-state index is 0.112. The van der Waals surface area contributed by atoms with Crippen molar-refractivity contribution in [3.8, 4) is 0 Å². The van der Waals surface area contributed by atoms with E-state index in [1.807, 2.05) is 0 Å². The zero-order chi connectivity index (χ0) is 14.9. The summed E-state index contributed by atoms with van der Waals surface area (Å²) in [4.78, 5) is 2.74. The summed E-state index contributed by atoms with van der Waals surface area (Å²) in [6, 6.07) is 11.5. The molecule has 21 heavy (non-hydrogen) atoms. The van der Waals surface area contributed by atoms with E-state index in [4.69, 9.17) is 5.73 Å². The molecule has 0 radical (unpaired) electrons. The van der Waals surface area contributed by atoms with Gasteiger partial charge in [-0.3, -0.25) is 4.90 Å². The van der Waals surface area contributed by atoms with E-state index in [1.54, 1.807) is 0 Å². The van der Waals surface area contributed by atoms with Crippen LogP contribution in [0.1, 0.15) is 57.6 Å². The van der Waals surface area contributed by atoms with Crippen LogP contribution in [-0.2, 0) is 0 Å². The maximum atomic E-state index is 6.59. The van der Waals surface area contributed by atoms with Crippen LogP contribution in [0, 0.1) is 11.3 Å². The van der Waals surface area contributed by atoms with Crippen molar-refractivity contribution < 1.29 is 0 Å². The zero-order valence-electron chi connectivity index (χ0n) is 13.6. The molecule has 2 aliphatic rings. The third kappa shape index (κ3) is 3.17. The molecule has 1 aromatic rings. The van der Waals surface area contributed by atoms with Crippen LogP contribution in [0.2, 0.25) is 0 Å². The van der Waals surface area contributed by atoms with Crippen molar-refractivity contribution >= 4 is 0 Å². The van der Waals surface area contributed by atoms with E-state index < -0.39 is 0 Å². The van der Waals surface area contributed by atoms with E-state index in [-0.39, 0.29) is 11.5 Å². The Morgan fingerprint density at radius 2 is 1.86 bits per heavy atom. The number of likely N-dealkylation sites (tertiary alicyclic amines) is 1. The molecule has 2 heteroatoms. The van der Waals surface area contributed by atoms with Crippen LogP contribution in [0.5, 0.6) is 0 Å². The SMILES string of the molecule is CC(C)(CN1CCC2CCCCC21)C(N)c1ccccc1. The van der Waals surface area contributed by atoms with Gasteiger partial charge in [0, 0.05) is 18.6 Å². The number of nitrogens with two attached hydrogens (primary N) is 1. The molecule has 0 bridgehead atoms. The molecule has 0 spiro atoms. The normalized spacial score (nSPS) is 28.3. The van der Waals surface area contributed by atoms with Gasteiger partial charge in [-0.2, -0.15) is 0 Å². The fraction of sp³-hybridized carbons (Fsp3) is 0.684. The van der Waals surface area contributed by atoms with Gasteiger partial charge in [-0.15, -0.1) is 0 Å². The maximum Gasteiger partial charge on any atom is 0.0359 e. The van der Waals surface area contributed by atoms with Crippen molar-refractivity contribution in [1.82, 2.24) is 4.90 Å². The molecule has 1 heterocycles. The van der Waals surface area contributed by atoms with Gasteiger partial charge < -0.3 is 5.73 Å². The molecule has 1 saturated heterocycles. The molecular formula is C19H30N2. The van der Waals surface area contributed by atoms with E-state index in [2.05, 4.69) is 49.1 Å². The summed E-state index contributed by atoms with van der Waals surface area (Å²) >= 11 is 0. The summed E-state index contributed by atoms with van der Waals surface area (Å²) in [6.45, 7) is 7.08. The van der Waals surface area contributed by atoms with Crippen LogP contribution in [-0.4, -0.2) is 24.0 Å². The van der Waals surface area contributed by atoms with Crippen LogP contribution in [0.15, 0.2) is 30.3 Å². The molecule has 2 N–H and O–H groups in total. The molecule has 2 fully saturated rings. The standard InChI is InChI=1S/C19H30N2/c1-19(2,18(20)16-9-4-3-5-10-16)14-21-13-12-15-8-6-7-11-17(15)21/h3-5,9-10,15,17-18H,6-8,11-14,20H2,1-2H3. The van der Waals surface area contributed by atoms with E-state index in [9.17, 15) is 0 Å². The van der Waals surface area contributed by atoms with Gasteiger partial charge in [0.25, 0.3) is 0 Å². The Balaban J connectivity index is 1.68. The number of hydrogen-bond donors (Lipinski definition) is 1. The first kappa shape index (κ1) is 15.1. The number of benzene rings is 1. The average Bonchev–Trinajstić information content (AvgIpc) is 2.90. The summed E-state index contributed by atoms with van der Waals surface area (Å²) in [5.74, 6) is 0.961. The second-order valence-electron chi connectivity index (χ2n) is 7.75. The van der Waals surface area contributed by atoms with Crippen molar-refractivity contribution in [3.63, 3.8) is 0 Å². The van der Waals surface area contributed by atoms with E-state index >= 15 is 0 Å². The third-order valence-corrected chi connectivity index (χ3v) is 5.74. The summed E-state index contributed by atoms with van der Waals surface area (Å²) < 4.78 is 0. The van der Waals surface area contributed by atoms with E-state index in [1.165, 1.54) is 44.2 Å². The van der Waals surface area contributed by atoms with Gasteiger partial charge in [-0.1, -0.05) is 57.0 Å². The van der Waals surface area contributed by atoms with Crippen LogP contribution >= 0.6 is 0 Å². The van der Waals surface area contributed by atoms with Crippen molar-refractivity contribution in [1.29, 1.82) is 0 Å². The van der Waals surface area contributed by atoms with E-state index in [0.29, 0.717) is 0 Å². The van der Waals surface area contributed by atoms with Gasteiger partial charge in [0.2, 0.25) is 0 Å². The highest BCUT2D eigenvalue weighted by atomic mass is 15.2. The molecule has 1 aliphatic heterocycles.